The van der Waals surface area contributed by atoms with Crippen LogP contribution in [0, 0.1) is 13.8 Å². The molecule has 0 spiro atoms. The first-order valence-corrected chi connectivity index (χ1v) is 15.5. The third-order valence-electron chi connectivity index (χ3n) is 8.54. The first-order chi connectivity index (χ1) is 22.9. The molecule has 0 aliphatic rings. The summed E-state index contributed by atoms with van der Waals surface area (Å²) in [5, 5.41) is 11.1. The van der Waals surface area contributed by atoms with E-state index in [1.807, 2.05) is 68.6 Å². The van der Waals surface area contributed by atoms with Crippen LogP contribution in [-0.2, 0) is 21.1 Å². The number of fused-ring (bicyclic) bond motifs is 2. The fourth-order valence-corrected chi connectivity index (χ4v) is 6.50. The molecule has 1 N–H and O–H groups in total. The molecule has 8 rings (SSSR count). The van der Waals surface area contributed by atoms with Crippen molar-refractivity contribution in [2.75, 3.05) is 0 Å². The Balaban J connectivity index is 0.00000364. The standard InChI is InChI=1S/C41H30N4O2.Pt/c1-25-19-26(2)21-30(20-25)31-23-35(43-36(24-31)41(46)47)33-14-8-16-37-39(33)44-40(34-15-7-11-28-17-18-42-38(28)34)45(37)32-13-6-12-29(22-32)27-9-4-3-5-10-27;/h3-24H,1-2H3,(H2,42,43,44,46,47);/p-1. The van der Waals surface area contributed by atoms with Gasteiger partial charge >= 0.3 is 5.97 Å². The molecule has 0 saturated carbocycles. The summed E-state index contributed by atoms with van der Waals surface area (Å²) in [7, 11) is 0. The van der Waals surface area contributed by atoms with Gasteiger partial charge in [-0.1, -0.05) is 108 Å². The summed E-state index contributed by atoms with van der Waals surface area (Å²) in [6.45, 7) is 4.08. The molecule has 3 heterocycles. The molecule has 3 aromatic heterocycles. The summed E-state index contributed by atoms with van der Waals surface area (Å²) in [6, 6.07) is 42.7. The Kier molecular flexibility index (Phi) is 8.12. The Bertz CT molecular complexity index is 2460. The third-order valence-corrected chi connectivity index (χ3v) is 8.54. The van der Waals surface area contributed by atoms with Gasteiger partial charge < -0.3 is 10.1 Å². The largest absolute Gasteiger partial charge is 0.663 e. The Morgan fingerprint density at radius 2 is 1.38 bits per heavy atom. The molecule has 0 fully saturated rings. The van der Waals surface area contributed by atoms with E-state index >= 15 is 0 Å². The van der Waals surface area contributed by atoms with Gasteiger partial charge in [0.2, 0.25) is 0 Å². The summed E-state index contributed by atoms with van der Waals surface area (Å²) >= 11 is 0. The number of carboxylic acids is 1. The van der Waals surface area contributed by atoms with Gasteiger partial charge in [-0.15, -0.1) is 5.52 Å². The molecule has 0 aliphatic heterocycles. The van der Waals surface area contributed by atoms with Crippen LogP contribution in [-0.4, -0.2) is 25.6 Å². The number of hydrogen-bond donors (Lipinski definition) is 1. The van der Waals surface area contributed by atoms with E-state index in [1.54, 1.807) is 6.07 Å². The molecule has 0 amide bonds. The predicted octanol–water partition coefficient (Wildman–Crippen LogP) is 9.51. The van der Waals surface area contributed by atoms with Gasteiger partial charge in [-0.3, -0.25) is 4.57 Å². The number of nitrogens with zero attached hydrogens (tertiary/aromatic N) is 4. The van der Waals surface area contributed by atoms with Crippen molar-refractivity contribution in [1.29, 1.82) is 0 Å². The van der Waals surface area contributed by atoms with Crippen LogP contribution in [0.5, 0.6) is 0 Å². The molecule has 0 atom stereocenters. The molecule has 0 saturated heterocycles. The van der Waals surface area contributed by atoms with Crippen molar-refractivity contribution in [3.63, 3.8) is 0 Å². The number of para-hydroxylation sites is 2. The topological polar surface area (TPSA) is 82.1 Å². The number of aromatic carboxylic acids is 1. The number of benzene rings is 5. The van der Waals surface area contributed by atoms with Crippen LogP contribution in [0.1, 0.15) is 21.6 Å². The maximum atomic E-state index is 12.4. The molecule has 5 aromatic carbocycles. The average Bonchev–Trinajstić information content (AvgIpc) is 3.73. The summed E-state index contributed by atoms with van der Waals surface area (Å²) in [5.74, 6) is -0.339. The molecule has 48 heavy (non-hydrogen) atoms. The van der Waals surface area contributed by atoms with E-state index in [0.717, 1.165) is 78.0 Å². The van der Waals surface area contributed by atoms with E-state index in [2.05, 4.69) is 82.3 Å². The Morgan fingerprint density at radius 1 is 0.667 bits per heavy atom. The smallest absolute Gasteiger partial charge is 0.354 e. The van der Waals surface area contributed by atoms with Gasteiger partial charge in [-0.2, -0.15) is 6.20 Å². The minimum absolute atomic E-state index is 0. The van der Waals surface area contributed by atoms with Gasteiger partial charge in [0.15, 0.2) is 0 Å². The maximum absolute atomic E-state index is 12.4. The first-order valence-electron chi connectivity index (χ1n) is 15.5. The predicted molar refractivity (Wildman–Crippen MR) is 188 cm³/mol. The van der Waals surface area contributed by atoms with Gasteiger partial charge in [0.1, 0.15) is 11.5 Å². The van der Waals surface area contributed by atoms with Gasteiger partial charge in [-0.05, 0) is 71.8 Å². The first kappa shape index (κ1) is 31.0. The summed E-state index contributed by atoms with van der Waals surface area (Å²) in [6.07, 6.45) is 1.82. The number of carbonyl (C=O) groups is 1. The van der Waals surface area contributed by atoms with Crippen LogP contribution < -0.4 is 4.98 Å². The van der Waals surface area contributed by atoms with Crippen molar-refractivity contribution in [2.45, 2.75) is 13.8 Å². The molecule has 0 unspecified atom stereocenters. The van der Waals surface area contributed by atoms with Gasteiger partial charge in [0, 0.05) is 37.9 Å². The number of rotatable bonds is 6. The van der Waals surface area contributed by atoms with Crippen LogP contribution in [0.25, 0.3) is 72.5 Å². The Morgan fingerprint density at radius 3 is 2.17 bits per heavy atom. The maximum Gasteiger partial charge on any atom is 0.354 e. The van der Waals surface area contributed by atoms with E-state index in [0.29, 0.717) is 5.69 Å². The van der Waals surface area contributed by atoms with E-state index in [-0.39, 0.29) is 26.8 Å². The van der Waals surface area contributed by atoms with Crippen molar-refractivity contribution in [3.8, 4) is 50.6 Å². The molecular weight excluding hydrogens is 776 g/mol. The minimum Gasteiger partial charge on any atom is -0.663 e. The second-order valence-corrected chi connectivity index (χ2v) is 11.9. The molecule has 0 aliphatic carbocycles. The summed E-state index contributed by atoms with van der Waals surface area (Å²) in [4.78, 5) is 27.0. The third kappa shape index (κ3) is 5.55. The fourth-order valence-electron chi connectivity index (χ4n) is 6.50. The molecular formula is C41H29N4O2Pt-. The molecule has 6 nitrogen and oxygen atoms in total. The molecule has 0 bridgehead atoms. The fraction of sp³-hybridized carbons (Fsp3) is 0.0488. The van der Waals surface area contributed by atoms with Crippen LogP contribution in [0.4, 0.5) is 0 Å². The van der Waals surface area contributed by atoms with Crippen LogP contribution in [0.2, 0.25) is 0 Å². The van der Waals surface area contributed by atoms with Crippen molar-refractivity contribution >= 4 is 27.9 Å². The van der Waals surface area contributed by atoms with Crippen molar-refractivity contribution < 1.29 is 31.0 Å². The number of aromatic nitrogens is 4. The Hall–Kier alpha value is -5.58. The second kappa shape index (κ2) is 12.6. The van der Waals surface area contributed by atoms with Crippen LogP contribution in [0.15, 0.2) is 134 Å². The zero-order valence-electron chi connectivity index (χ0n) is 26.2. The van der Waals surface area contributed by atoms with Crippen LogP contribution >= 0.6 is 0 Å². The normalized spacial score (nSPS) is 11.1. The van der Waals surface area contributed by atoms with Crippen molar-refractivity contribution in [2.24, 2.45) is 0 Å². The second-order valence-electron chi connectivity index (χ2n) is 11.9. The zero-order valence-corrected chi connectivity index (χ0v) is 28.4. The van der Waals surface area contributed by atoms with E-state index in [9.17, 15) is 9.90 Å². The molecule has 236 valence electrons. The number of pyridine rings is 1. The van der Waals surface area contributed by atoms with Crippen LogP contribution in [0.3, 0.4) is 0 Å². The van der Waals surface area contributed by atoms with Crippen molar-refractivity contribution in [3.05, 3.63) is 150 Å². The minimum atomic E-state index is -1.08. The quantitative estimate of drug-likeness (QED) is 0.181. The van der Waals surface area contributed by atoms with Gasteiger partial charge in [0.25, 0.3) is 0 Å². The van der Waals surface area contributed by atoms with E-state index in [4.69, 9.17) is 9.97 Å². The number of hydrogen-bond acceptors (Lipinski definition) is 3. The molecule has 8 aromatic rings. The molecule has 0 radical (unpaired) electrons. The summed E-state index contributed by atoms with van der Waals surface area (Å²) in [5.41, 5.74) is 11.7. The van der Waals surface area contributed by atoms with E-state index in [1.165, 1.54) is 0 Å². The molecule has 7 heteroatoms. The SMILES string of the molecule is Cc1cc(C)cc(-c2cc(C(=O)O)nc(-c3cccc4c3nc(-c3cccc5cc[n-]c35)n4-c3cccc(-c4ccccc4)c3)c2)c1.[Pt]. The van der Waals surface area contributed by atoms with Crippen molar-refractivity contribution in [1.82, 2.24) is 19.5 Å². The summed E-state index contributed by atoms with van der Waals surface area (Å²) < 4.78 is 2.17. The Labute approximate surface area is 292 Å². The van der Waals surface area contributed by atoms with Gasteiger partial charge in [-0.25, -0.2) is 14.8 Å². The monoisotopic (exact) mass is 804 g/mol. The number of aryl methyl sites for hydroxylation is 2. The zero-order chi connectivity index (χ0) is 32.1. The van der Waals surface area contributed by atoms with E-state index < -0.39 is 5.97 Å². The average molecular weight is 805 g/mol. The number of imidazole rings is 1. The van der Waals surface area contributed by atoms with Gasteiger partial charge in [0.05, 0.1) is 16.7 Å². The number of carboxylic acid groups (broad SMARTS) is 1.